The van der Waals surface area contributed by atoms with Crippen molar-refractivity contribution in [2.45, 2.75) is 24.8 Å². The Balaban J connectivity index is 2.41. The van der Waals surface area contributed by atoms with Gasteiger partial charge >= 0.3 is 0 Å². The molecule has 1 atom stereocenters. The Bertz CT molecular complexity index is 506. The van der Waals surface area contributed by atoms with E-state index in [1.807, 2.05) is 0 Å². The molecule has 7 nitrogen and oxygen atoms in total. The van der Waals surface area contributed by atoms with E-state index >= 15 is 0 Å². The first kappa shape index (κ1) is 13.5. The van der Waals surface area contributed by atoms with Crippen molar-refractivity contribution in [1.29, 1.82) is 0 Å². The number of aliphatic hydroxyl groups excluding tert-OH is 1. The van der Waals surface area contributed by atoms with E-state index in [9.17, 15) is 13.5 Å². The summed E-state index contributed by atoms with van der Waals surface area (Å²) in [5, 5.41) is 15.8. The molecule has 0 aromatic carbocycles. The van der Waals surface area contributed by atoms with Gasteiger partial charge in [-0.15, -0.1) is 0 Å². The fourth-order valence-electron chi connectivity index (χ4n) is 2.14. The van der Waals surface area contributed by atoms with Gasteiger partial charge in [0, 0.05) is 6.54 Å². The highest BCUT2D eigenvalue weighted by Gasteiger charge is 2.36. The van der Waals surface area contributed by atoms with Crippen LogP contribution >= 0.6 is 0 Å². The number of aromatic nitrogens is 2. The third kappa shape index (κ3) is 2.16. The summed E-state index contributed by atoms with van der Waals surface area (Å²) in [6, 6.07) is -0.530. The number of rotatable bonds is 3. The molecule has 0 spiro atoms. The summed E-state index contributed by atoms with van der Waals surface area (Å²) in [4.78, 5) is 0.197. The van der Waals surface area contributed by atoms with E-state index in [0.29, 0.717) is 18.0 Å². The minimum absolute atomic E-state index is 0.197. The van der Waals surface area contributed by atoms with Gasteiger partial charge in [-0.1, -0.05) is 0 Å². The fraction of sp³-hybridized carbons (Fsp3) is 0.700. The Labute approximate surface area is 106 Å². The number of aliphatic hydroxyl groups is 1. The van der Waals surface area contributed by atoms with Crippen LogP contribution in [-0.4, -0.2) is 60.4 Å². The molecule has 2 rings (SSSR count). The molecule has 2 heterocycles. The molecule has 1 saturated heterocycles. The van der Waals surface area contributed by atoms with E-state index in [2.05, 4.69) is 10.2 Å². The van der Waals surface area contributed by atoms with Gasteiger partial charge in [-0.2, -0.15) is 9.40 Å². The Morgan fingerprint density at radius 2 is 2.28 bits per heavy atom. The molecular formula is C10H17N3O4S. The lowest BCUT2D eigenvalue weighted by Crippen LogP contribution is -2.50. The van der Waals surface area contributed by atoms with E-state index in [4.69, 9.17) is 4.74 Å². The van der Waals surface area contributed by atoms with E-state index < -0.39 is 16.1 Å². The van der Waals surface area contributed by atoms with E-state index in [-0.39, 0.29) is 24.7 Å². The van der Waals surface area contributed by atoms with Gasteiger partial charge in [0.15, 0.2) is 0 Å². The highest BCUT2D eigenvalue weighted by Crippen LogP contribution is 2.24. The molecule has 0 amide bonds. The highest BCUT2D eigenvalue weighted by atomic mass is 32.2. The van der Waals surface area contributed by atoms with Crippen LogP contribution in [0.5, 0.6) is 0 Å². The van der Waals surface area contributed by atoms with Crippen LogP contribution in [0.1, 0.15) is 11.4 Å². The molecule has 2 N–H and O–H groups in total. The van der Waals surface area contributed by atoms with Crippen LogP contribution in [0.4, 0.5) is 0 Å². The zero-order chi connectivity index (χ0) is 13.3. The normalized spacial score (nSPS) is 22.3. The lowest BCUT2D eigenvalue weighted by molar-refractivity contribution is 0.0109. The smallest absolute Gasteiger partial charge is 0.247 e. The molecule has 8 heteroatoms. The van der Waals surface area contributed by atoms with Gasteiger partial charge in [-0.25, -0.2) is 8.42 Å². The third-order valence-corrected chi connectivity index (χ3v) is 5.23. The van der Waals surface area contributed by atoms with Crippen molar-refractivity contribution >= 4 is 10.0 Å². The molecule has 1 fully saturated rings. The maximum atomic E-state index is 12.6. The van der Waals surface area contributed by atoms with Crippen molar-refractivity contribution in [2.75, 3.05) is 26.4 Å². The number of ether oxygens (including phenoxy) is 1. The number of nitrogens with zero attached hydrogens (tertiary/aromatic N) is 2. The van der Waals surface area contributed by atoms with Crippen LogP contribution in [0.2, 0.25) is 0 Å². The third-order valence-electron chi connectivity index (χ3n) is 3.01. The Kier molecular flexibility index (Phi) is 3.71. The number of nitrogens with one attached hydrogen (secondary N) is 1. The minimum atomic E-state index is -3.64. The van der Waals surface area contributed by atoms with Crippen molar-refractivity contribution in [3.05, 3.63) is 11.4 Å². The highest BCUT2D eigenvalue weighted by molar-refractivity contribution is 7.89. The lowest BCUT2D eigenvalue weighted by atomic mass is 10.3. The largest absolute Gasteiger partial charge is 0.395 e. The van der Waals surface area contributed by atoms with Gasteiger partial charge in [0.25, 0.3) is 0 Å². The minimum Gasteiger partial charge on any atom is -0.395 e. The molecule has 1 aliphatic rings. The topological polar surface area (TPSA) is 95.5 Å². The number of aromatic amines is 1. The van der Waals surface area contributed by atoms with Crippen LogP contribution in [0.15, 0.2) is 4.90 Å². The second-order valence-electron chi connectivity index (χ2n) is 4.29. The zero-order valence-electron chi connectivity index (χ0n) is 10.4. The van der Waals surface area contributed by atoms with Crippen LogP contribution in [-0.2, 0) is 14.8 Å². The first-order valence-corrected chi connectivity index (χ1v) is 7.14. The molecule has 102 valence electrons. The Morgan fingerprint density at radius 1 is 1.56 bits per heavy atom. The fourth-order valence-corrected chi connectivity index (χ4v) is 4.06. The van der Waals surface area contributed by atoms with Gasteiger partial charge < -0.3 is 9.84 Å². The molecular weight excluding hydrogens is 258 g/mol. The standard InChI is InChI=1S/C10H17N3O4S/c1-7-10(8(2)12-11-7)18(15,16)13-3-4-17-6-9(13)5-14/h9,14H,3-6H2,1-2H3,(H,11,12). The van der Waals surface area contributed by atoms with Crippen LogP contribution in [0.25, 0.3) is 0 Å². The number of morpholine rings is 1. The average molecular weight is 275 g/mol. The summed E-state index contributed by atoms with van der Waals surface area (Å²) in [5.74, 6) is 0. The maximum Gasteiger partial charge on any atom is 0.247 e. The molecule has 0 saturated carbocycles. The molecule has 18 heavy (non-hydrogen) atoms. The lowest BCUT2D eigenvalue weighted by Gasteiger charge is -2.33. The van der Waals surface area contributed by atoms with Crippen molar-refractivity contribution in [3.8, 4) is 0 Å². The van der Waals surface area contributed by atoms with Crippen LogP contribution < -0.4 is 0 Å². The number of sulfonamides is 1. The number of aryl methyl sites for hydroxylation is 2. The number of hydrogen-bond acceptors (Lipinski definition) is 5. The predicted molar refractivity (Wildman–Crippen MR) is 63.6 cm³/mol. The molecule has 1 aliphatic heterocycles. The molecule has 1 unspecified atom stereocenters. The summed E-state index contributed by atoms with van der Waals surface area (Å²) in [5.41, 5.74) is 0.950. The zero-order valence-corrected chi connectivity index (χ0v) is 11.2. The van der Waals surface area contributed by atoms with Gasteiger partial charge in [-0.05, 0) is 13.8 Å². The summed E-state index contributed by atoms with van der Waals surface area (Å²) in [7, 11) is -3.64. The van der Waals surface area contributed by atoms with Crippen molar-refractivity contribution in [3.63, 3.8) is 0 Å². The SMILES string of the molecule is Cc1n[nH]c(C)c1S(=O)(=O)N1CCOCC1CO. The Hall–Kier alpha value is -0.960. The van der Waals surface area contributed by atoms with E-state index in [1.165, 1.54) is 4.31 Å². The second kappa shape index (κ2) is 4.96. The monoisotopic (exact) mass is 275 g/mol. The number of H-pyrrole nitrogens is 1. The van der Waals surface area contributed by atoms with Crippen molar-refractivity contribution in [1.82, 2.24) is 14.5 Å². The molecule has 1 aromatic rings. The van der Waals surface area contributed by atoms with Gasteiger partial charge in [0.1, 0.15) is 4.90 Å². The summed E-state index contributed by atoms with van der Waals surface area (Å²) in [6.45, 7) is 3.86. The molecule has 1 aromatic heterocycles. The maximum absolute atomic E-state index is 12.6. The van der Waals surface area contributed by atoms with E-state index in [0.717, 1.165) is 0 Å². The summed E-state index contributed by atoms with van der Waals surface area (Å²) < 4.78 is 31.6. The van der Waals surface area contributed by atoms with Crippen molar-refractivity contribution < 1.29 is 18.3 Å². The molecule has 0 bridgehead atoms. The second-order valence-corrected chi connectivity index (χ2v) is 6.12. The quantitative estimate of drug-likeness (QED) is 0.768. The van der Waals surface area contributed by atoms with Crippen LogP contribution in [0, 0.1) is 13.8 Å². The van der Waals surface area contributed by atoms with Gasteiger partial charge in [0.05, 0.1) is 37.3 Å². The van der Waals surface area contributed by atoms with Crippen LogP contribution in [0.3, 0.4) is 0 Å². The molecule has 0 radical (unpaired) electrons. The summed E-state index contributed by atoms with van der Waals surface area (Å²) >= 11 is 0. The molecule has 0 aliphatic carbocycles. The average Bonchev–Trinajstić information content (AvgIpc) is 2.69. The van der Waals surface area contributed by atoms with E-state index in [1.54, 1.807) is 13.8 Å². The first-order valence-electron chi connectivity index (χ1n) is 5.70. The Morgan fingerprint density at radius 3 is 2.83 bits per heavy atom. The first-order chi connectivity index (χ1) is 8.48. The predicted octanol–water partition coefficient (Wildman–Crippen LogP) is -0.592. The summed E-state index contributed by atoms with van der Waals surface area (Å²) in [6.07, 6.45) is 0. The van der Waals surface area contributed by atoms with Crippen molar-refractivity contribution in [2.24, 2.45) is 0 Å². The van der Waals surface area contributed by atoms with Gasteiger partial charge in [0.2, 0.25) is 10.0 Å². The number of hydrogen-bond donors (Lipinski definition) is 2. The van der Waals surface area contributed by atoms with Gasteiger partial charge in [-0.3, -0.25) is 5.10 Å².